The number of hydrogen-bond donors (Lipinski definition) is 1. The quantitative estimate of drug-likeness (QED) is 0.918. The molecule has 0 unspecified atom stereocenters. The maximum atomic E-state index is 13.6. The third kappa shape index (κ3) is 2.26. The third-order valence-corrected chi connectivity index (χ3v) is 4.30. The first-order chi connectivity index (χ1) is 9.48. The van der Waals surface area contributed by atoms with Crippen LogP contribution in [0.5, 0.6) is 0 Å². The maximum Gasteiger partial charge on any atom is 0.201 e. The van der Waals surface area contributed by atoms with Crippen molar-refractivity contribution in [1.82, 2.24) is 9.55 Å². The predicted molar refractivity (Wildman–Crippen MR) is 77.0 cm³/mol. The molecule has 0 bridgehead atoms. The molecule has 1 fully saturated rings. The highest BCUT2D eigenvalue weighted by Crippen LogP contribution is 2.34. The Morgan fingerprint density at radius 2 is 2.10 bits per heavy atom. The van der Waals surface area contributed by atoms with Crippen LogP contribution in [0, 0.1) is 18.2 Å². The molecule has 0 amide bonds. The van der Waals surface area contributed by atoms with Gasteiger partial charge in [0.1, 0.15) is 5.82 Å². The van der Waals surface area contributed by atoms with E-state index >= 15 is 0 Å². The van der Waals surface area contributed by atoms with Crippen LogP contribution in [0.2, 0.25) is 0 Å². The minimum absolute atomic E-state index is 0.155. The van der Waals surface area contributed by atoms with Gasteiger partial charge in [-0.05, 0) is 36.8 Å². The van der Waals surface area contributed by atoms with Crippen LogP contribution >= 0.6 is 0 Å². The molecule has 1 saturated heterocycles. The largest absolute Gasteiger partial charge is 0.381 e. The van der Waals surface area contributed by atoms with E-state index in [1.807, 2.05) is 10.6 Å². The highest BCUT2D eigenvalue weighted by Gasteiger charge is 2.29. The number of nitrogen functional groups attached to an aromatic ring is 1. The number of rotatable bonds is 2. The molecule has 1 aromatic heterocycles. The zero-order valence-corrected chi connectivity index (χ0v) is 11.9. The highest BCUT2D eigenvalue weighted by molar-refractivity contribution is 5.79. The number of aromatic nitrogens is 2. The number of halogens is 1. The Bertz CT molecular complexity index is 644. The lowest BCUT2D eigenvalue weighted by Crippen LogP contribution is -2.31. The molecule has 0 radical (unpaired) electrons. The first kappa shape index (κ1) is 13.4. The summed E-state index contributed by atoms with van der Waals surface area (Å²) in [4.78, 5) is 4.28. The Morgan fingerprint density at radius 1 is 1.40 bits per heavy atom. The van der Waals surface area contributed by atoms with Crippen LogP contribution in [0.3, 0.4) is 0 Å². The van der Waals surface area contributed by atoms with E-state index in [9.17, 15) is 4.39 Å². The molecular formula is C15H20FN3O. The van der Waals surface area contributed by atoms with Crippen molar-refractivity contribution in [3.05, 3.63) is 23.5 Å². The molecule has 1 aliphatic rings. The molecule has 3 rings (SSSR count). The van der Waals surface area contributed by atoms with Gasteiger partial charge in [-0.2, -0.15) is 0 Å². The lowest BCUT2D eigenvalue weighted by molar-refractivity contribution is 0.0163. The van der Waals surface area contributed by atoms with Crippen molar-refractivity contribution in [2.45, 2.75) is 33.2 Å². The lowest BCUT2D eigenvalue weighted by atomic mass is 9.82. The molecule has 0 atom stereocenters. The second-order valence-corrected chi connectivity index (χ2v) is 6.07. The zero-order chi connectivity index (χ0) is 14.3. The Morgan fingerprint density at radius 3 is 2.80 bits per heavy atom. The molecule has 5 heteroatoms. The van der Waals surface area contributed by atoms with Crippen LogP contribution in [0.25, 0.3) is 11.0 Å². The Kier molecular flexibility index (Phi) is 3.17. The molecule has 108 valence electrons. The second kappa shape index (κ2) is 4.74. The molecule has 2 aromatic rings. The molecule has 2 heterocycles. The number of nitrogens with two attached hydrogens (primary N) is 1. The Hall–Kier alpha value is -1.62. The van der Waals surface area contributed by atoms with Gasteiger partial charge in [0.2, 0.25) is 5.95 Å². The lowest BCUT2D eigenvalue weighted by Gasteiger charge is -2.34. The fourth-order valence-corrected chi connectivity index (χ4v) is 2.84. The number of fused-ring (bicyclic) bond motifs is 1. The number of hydrogen-bond acceptors (Lipinski definition) is 3. The number of anilines is 1. The first-order valence-corrected chi connectivity index (χ1v) is 6.98. The van der Waals surface area contributed by atoms with Crippen molar-refractivity contribution in [2.24, 2.45) is 5.41 Å². The molecular weight excluding hydrogens is 257 g/mol. The topological polar surface area (TPSA) is 53.1 Å². The second-order valence-electron chi connectivity index (χ2n) is 6.07. The van der Waals surface area contributed by atoms with E-state index in [4.69, 9.17) is 10.5 Å². The van der Waals surface area contributed by atoms with Crippen LogP contribution in [-0.2, 0) is 11.3 Å². The summed E-state index contributed by atoms with van der Waals surface area (Å²) in [7, 11) is 0. The molecule has 20 heavy (non-hydrogen) atoms. The highest BCUT2D eigenvalue weighted by atomic mass is 19.1. The van der Waals surface area contributed by atoms with Gasteiger partial charge in [0.15, 0.2) is 0 Å². The monoisotopic (exact) mass is 277 g/mol. The zero-order valence-electron chi connectivity index (χ0n) is 11.9. The van der Waals surface area contributed by atoms with E-state index in [1.165, 1.54) is 6.07 Å². The summed E-state index contributed by atoms with van der Waals surface area (Å²) in [5.41, 5.74) is 8.34. The summed E-state index contributed by atoms with van der Waals surface area (Å²) in [5, 5.41) is 0. The van der Waals surface area contributed by atoms with Crippen molar-refractivity contribution in [2.75, 3.05) is 18.9 Å². The summed E-state index contributed by atoms with van der Waals surface area (Å²) in [5.74, 6) is 0.220. The van der Waals surface area contributed by atoms with E-state index in [1.54, 1.807) is 6.92 Å². The van der Waals surface area contributed by atoms with Gasteiger partial charge in [0.25, 0.3) is 0 Å². The Labute approximate surface area is 117 Å². The summed E-state index contributed by atoms with van der Waals surface area (Å²) in [6.07, 6.45) is 2.01. The average molecular weight is 277 g/mol. The number of nitrogens with zero attached hydrogens (tertiary/aromatic N) is 2. The van der Waals surface area contributed by atoms with Crippen molar-refractivity contribution in [3.8, 4) is 0 Å². The van der Waals surface area contributed by atoms with Gasteiger partial charge in [-0.3, -0.25) is 0 Å². The standard InChI is InChI=1S/C15H20FN3O/c1-10-7-13-12(8-11(10)16)18-14(17)19(13)9-15(2)3-5-20-6-4-15/h7-8H,3-6,9H2,1-2H3,(H2,17,18). The van der Waals surface area contributed by atoms with Crippen LogP contribution in [0.15, 0.2) is 12.1 Å². The summed E-state index contributed by atoms with van der Waals surface area (Å²) in [6, 6.07) is 3.29. The van der Waals surface area contributed by atoms with E-state index in [0.717, 1.165) is 38.1 Å². The van der Waals surface area contributed by atoms with Crippen LogP contribution < -0.4 is 5.73 Å². The van der Waals surface area contributed by atoms with E-state index in [-0.39, 0.29) is 11.2 Å². The number of benzene rings is 1. The number of aryl methyl sites for hydroxylation is 1. The van der Waals surface area contributed by atoms with Crippen molar-refractivity contribution < 1.29 is 9.13 Å². The smallest absolute Gasteiger partial charge is 0.201 e. The maximum absolute atomic E-state index is 13.6. The first-order valence-electron chi connectivity index (χ1n) is 6.98. The van der Waals surface area contributed by atoms with Gasteiger partial charge in [-0.25, -0.2) is 9.37 Å². The predicted octanol–water partition coefficient (Wildman–Crippen LogP) is 2.88. The summed E-state index contributed by atoms with van der Waals surface area (Å²) in [6.45, 7) is 6.38. The molecule has 4 nitrogen and oxygen atoms in total. The van der Waals surface area contributed by atoms with Crippen LogP contribution in [0.4, 0.5) is 10.3 Å². The molecule has 0 saturated carbocycles. The molecule has 2 N–H and O–H groups in total. The fraction of sp³-hybridized carbons (Fsp3) is 0.533. The van der Waals surface area contributed by atoms with Crippen LogP contribution in [-0.4, -0.2) is 22.8 Å². The van der Waals surface area contributed by atoms with E-state index < -0.39 is 0 Å². The minimum Gasteiger partial charge on any atom is -0.381 e. The van der Waals surface area contributed by atoms with Gasteiger partial charge < -0.3 is 15.0 Å². The Balaban J connectivity index is 2.02. The average Bonchev–Trinajstić information content (AvgIpc) is 2.67. The third-order valence-electron chi connectivity index (χ3n) is 4.30. The van der Waals surface area contributed by atoms with Crippen LogP contribution in [0.1, 0.15) is 25.3 Å². The normalized spacial score (nSPS) is 18.6. The number of ether oxygens (including phenoxy) is 1. The molecule has 1 aromatic carbocycles. The van der Waals surface area contributed by atoms with Crippen molar-refractivity contribution in [3.63, 3.8) is 0 Å². The van der Waals surface area contributed by atoms with Crippen molar-refractivity contribution >= 4 is 17.0 Å². The van der Waals surface area contributed by atoms with Gasteiger partial charge in [-0.15, -0.1) is 0 Å². The number of imidazole rings is 1. The van der Waals surface area contributed by atoms with Crippen molar-refractivity contribution in [1.29, 1.82) is 0 Å². The fourth-order valence-electron chi connectivity index (χ4n) is 2.84. The van der Waals surface area contributed by atoms with Gasteiger partial charge in [0.05, 0.1) is 11.0 Å². The molecule has 0 aliphatic carbocycles. The van der Waals surface area contributed by atoms with Gasteiger partial charge in [0, 0.05) is 25.8 Å². The van der Waals surface area contributed by atoms with E-state index in [2.05, 4.69) is 11.9 Å². The van der Waals surface area contributed by atoms with Gasteiger partial charge in [-0.1, -0.05) is 6.92 Å². The summed E-state index contributed by atoms with van der Waals surface area (Å²) >= 11 is 0. The summed E-state index contributed by atoms with van der Waals surface area (Å²) < 4.78 is 21.1. The molecule has 1 aliphatic heterocycles. The minimum atomic E-state index is -0.237. The van der Waals surface area contributed by atoms with Gasteiger partial charge >= 0.3 is 0 Å². The SMILES string of the molecule is Cc1cc2c(cc1F)nc(N)n2CC1(C)CCOCC1. The van der Waals surface area contributed by atoms with E-state index in [0.29, 0.717) is 17.0 Å². The molecule has 0 spiro atoms.